The van der Waals surface area contributed by atoms with E-state index in [9.17, 15) is 9.59 Å². The molecule has 7 heteroatoms. The molecule has 2 amide bonds. The number of alkyl carbamates (subject to hydrolysis) is 1. The van der Waals surface area contributed by atoms with Crippen LogP contribution in [-0.2, 0) is 20.9 Å². The normalized spacial score (nSPS) is 23.7. The first-order chi connectivity index (χ1) is 15.3. The Balaban J connectivity index is 1.45. The van der Waals surface area contributed by atoms with Crippen molar-refractivity contribution in [1.82, 2.24) is 15.1 Å². The summed E-state index contributed by atoms with van der Waals surface area (Å²) in [4.78, 5) is 29.9. The number of rotatable bonds is 7. The van der Waals surface area contributed by atoms with E-state index in [0.29, 0.717) is 5.92 Å². The lowest BCUT2D eigenvalue weighted by molar-refractivity contribution is -0.136. The third-order valence-corrected chi connectivity index (χ3v) is 6.36. The van der Waals surface area contributed by atoms with E-state index in [1.54, 1.807) is 0 Å². The van der Waals surface area contributed by atoms with Crippen molar-refractivity contribution >= 4 is 12.0 Å². The largest absolute Gasteiger partial charge is 0.445 e. The highest BCUT2D eigenvalue weighted by molar-refractivity contribution is 5.86. The smallest absolute Gasteiger partial charge is 0.408 e. The summed E-state index contributed by atoms with van der Waals surface area (Å²) in [5.41, 5.74) is 0.918. The zero-order chi connectivity index (χ0) is 23.1. The van der Waals surface area contributed by atoms with Gasteiger partial charge in [0.1, 0.15) is 12.6 Å². The van der Waals surface area contributed by atoms with E-state index in [2.05, 4.69) is 24.1 Å². The maximum absolute atomic E-state index is 13.2. The number of hydrogen-bond acceptors (Lipinski definition) is 5. The van der Waals surface area contributed by atoms with Gasteiger partial charge < -0.3 is 19.7 Å². The third kappa shape index (κ3) is 7.20. The second-order valence-electron chi connectivity index (χ2n) is 9.67. The summed E-state index contributed by atoms with van der Waals surface area (Å²) in [6.45, 7) is 12.9. The SMILES string of the molecule is CC1CN(CC2CCN(C(=O)[C@@H](NC(=O)OCc3ccccc3)C(C)C)CC2)CC(C)O1. The molecule has 2 saturated heterocycles. The molecular weight excluding hydrogens is 406 g/mol. The van der Waals surface area contributed by atoms with E-state index < -0.39 is 12.1 Å². The zero-order valence-corrected chi connectivity index (χ0v) is 20.0. The average molecular weight is 446 g/mol. The van der Waals surface area contributed by atoms with E-state index in [-0.39, 0.29) is 30.6 Å². The molecular formula is C25H39N3O4. The lowest BCUT2D eigenvalue weighted by atomic mass is 9.94. The molecule has 1 N–H and O–H groups in total. The number of ether oxygens (including phenoxy) is 2. The molecule has 1 aromatic rings. The minimum atomic E-state index is -0.573. The number of hydrogen-bond donors (Lipinski definition) is 1. The summed E-state index contributed by atoms with van der Waals surface area (Å²) < 4.78 is 11.2. The van der Waals surface area contributed by atoms with Gasteiger partial charge in [-0.2, -0.15) is 0 Å². The second kappa shape index (κ2) is 11.7. The Hall–Kier alpha value is -2.12. The van der Waals surface area contributed by atoms with Crippen LogP contribution in [-0.4, -0.2) is 72.8 Å². The number of morpholine rings is 1. The second-order valence-corrected chi connectivity index (χ2v) is 9.67. The summed E-state index contributed by atoms with van der Waals surface area (Å²) in [6.07, 6.45) is 2.00. The van der Waals surface area contributed by atoms with Crippen molar-refractivity contribution in [3.63, 3.8) is 0 Å². The number of likely N-dealkylation sites (tertiary alicyclic amines) is 1. The Bertz CT molecular complexity index is 724. The van der Waals surface area contributed by atoms with Gasteiger partial charge in [-0.1, -0.05) is 44.2 Å². The molecule has 178 valence electrons. The van der Waals surface area contributed by atoms with Crippen LogP contribution in [0.3, 0.4) is 0 Å². The van der Waals surface area contributed by atoms with Crippen molar-refractivity contribution in [3.8, 4) is 0 Å². The van der Waals surface area contributed by atoms with Crippen molar-refractivity contribution in [2.24, 2.45) is 11.8 Å². The molecule has 0 spiro atoms. The van der Waals surface area contributed by atoms with Crippen LogP contribution in [0.4, 0.5) is 4.79 Å². The van der Waals surface area contributed by atoms with Crippen molar-refractivity contribution in [1.29, 1.82) is 0 Å². The Morgan fingerprint density at radius 2 is 1.72 bits per heavy atom. The average Bonchev–Trinajstić information content (AvgIpc) is 2.76. The van der Waals surface area contributed by atoms with Gasteiger partial charge >= 0.3 is 6.09 Å². The molecule has 0 saturated carbocycles. The molecule has 2 fully saturated rings. The van der Waals surface area contributed by atoms with Crippen LogP contribution in [0.25, 0.3) is 0 Å². The van der Waals surface area contributed by atoms with Crippen LogP contribution in [0.5, 0.6) is 0 Å². The van der Waals surface area contributed by atoms with Crippen LogP contribution in [0.1, 0.15) is 46.1 Å². The molecule has 2 aliphatic rings. The van der Waals surface area contributed by atoms with Crippen molar-refractivity contribution < 1.29 is 19.1 Å². The number of benzene rings is 1. The maximum atomic E-state index is 13.2. The number of amides is 2. The molecule has 0 bridgehead atoms. The van der Waals surface area contributed by atoms with Crippen LogP contribution in [0.15, 0.2) is 30.3 Å². The molecule has 3 rings (SSSR count). The van der Waals surface area contributed by atoms with Crippen LogP contribution < -0.4 is 5.32 Å². The first-order valence-corrected chi connectivity index (χ1v) is 12.0. The molecule has 3 atom stereocenters. The predicted octanol–water partition coefficient (Wildman–Crippen LogP) is 3.29. The topological polar surface area (TPSA) is 71.1 Å². The molecule has 32 heavy (non-hydrogen) atoms. The number of nitrogens with zero attached hydrogens (tertiary/aromatic N) is 2. The Kier molecular flexibility index (Phi) is 8.93. The standard InChI is InChI=1S/C25H39N3O4/c1-18(2)23(26-25(30)31-17-22-8-6-5-7-9-22)24(29)28-12-10-21(11-13-28)16-27-14-19(3)32-20(4)15-27/h5-9,18-21,23H,10-17H2,1-4H3,(H,26,30)/t19?,20?,23-/m0/s1. The minimum absolute atomic E-state index is 0.0104. The van der Waals surface area contributed by atoms with Gasteiger partial charge in [-0.25, -0.2) is 4.79 Å². The summed E-state index contributed by atoms with van der Waals surface area (Å²) in [5, 5.41) is 2.80. The first kappa shape index (κ1) is 24.5. The Morgan fingerprint density at radius 3 is 2.31 bits per heavy atom. The lowest BCUT2D eigenvalue weighted by Gasteiger charge is -2.40. The van der Waals surface area contributed by atoms with Gasteiger partial charge in [0, 0.05) is 32.7 Å². The fourth-order valence-corrected chi connectivity index (χ4v) is 4.74. The van der Waals surface area contributed by atoms with E-state index in [1.165, 1.54) is 0 Å². The molecule has 1 aromatic carbocycles. The minimum Gasteiger partial charge on any atom is -0.445 e. The van der Waals surface area contributed by atoms with Crippen LogP contribution >= 0.6 is 0 Å². The number of piperidine rings is 1. The zero-order valence-electron chi connectivity index (χ0n) is 20.0. The quantitative estimate of drug-likeness (QED) is 0.697. The van der Waals surface area contributed by atoms with Gasteiger partial charge in [0.05, 0.1) is 12.2 Å². The highest BCUT2D eigenvalue weighted by atomic mass is 16.5. The molecule has 2 aliphatic heterocycles. The molecule has 2 heterocycles. The van der Waals surface area contributed by atoms with Gasteiger partial charge in [-0.05, 0) is 44.1 Å². The summed E-state index contributed by atoms with van der Waals surface area (Å²) in [7, 11) is 0. The van der Waals surface area contributed by atoms with Crippen molar-refractivity contribution in [3.05, 3.63) is 35.9 Å². The van der Waals surface area contributed by atoms with Gasteiger partial charge in [0.15, 0.2) is 0 Å². The molecule has 0 aromatic heterocycles. The highest BCUT2D eigenvalue weighted by Gasteiger charge is 2.32. The van der Waals surface area contributed by atoms with Crippen LogP contribution in [0, 0.1) is 11.8 Å². The van der Waals surface area contributed by atoms with E-state index >= 15 is 0 Å². The third-order valence-electron chi connectivity index (χ3n) is 6.36. The highest BCUT2D eigenvalue weighted by Crippen LogP contribution is 2.22. The lowest BCUT2D eigenvalue weighted by Crippen LogP contribution is -2.54. The Morgan fingerprint density at radius 1 is 1.09 bits per heavy atom. The maximum Gasteiger partial charge on any atom is 0.408 e. The molecule has 2 unspecified atom stereocenters. The van der Waals surface area contributed by atoms with Crippen molar-refractivity contribution in [2.45, 2.75) is 65.4 Å². The van der Waals surface area contributed by atoms with Gasteiger partial charge in [0.25, 0.3) is 0 Å². The summed E-state index contributed by atoms with van der Waals surface area (Å²) in [6, 6.07) is 8.96. The summed E-state index contributed by atoms with van der Waals surface area (Å²) >= 11 is 0. The predicted molar refractivity (Wildman–Crippen MR) is 124 cm³/mol. The van der Waals surface area contributed by atoms with E-state index in [0.717, 1.165) is 51.1 Å². The molecule has 0 aliphatic carbocycles. The van der Waals surface area contributed by atoms with E-state index in [4.69, 9.17) is 9.47 Å². The Labute approximate surface area is 192 Å². The summed E-state index contributed by atoms with van der Waals surface area (Å²) in [5.74, 6) is 0.572. The monoisotopic (exact) mass is 445 g/mol. The fourth-order valence-electron chi connectivity index (χ4n) is 4.74. The van der Waals surface area contributed by atoms with E-state index in [1.807, 2.05) is 49.1 Å². The van der Waals surface area contributed by atoms with Gasteiger partial charge in [-0.3, -0.25) is 9.69 Å². The first-order valence-electron chi connectivity index (χ1n) is 12.0. The van der Waals surface area contributed by atoms with Crippen LogP contribution in [0.2, 0.25) is 0 Å². The number of nitrogens with one attached hydrogen (secondary N) is 1. The number of carbonyl (C=O) groups excluding carboxylic acids is 2. The van der Waals surface area contributed by atoms with Gasteiger partial charge in [0.2, 0.25) is 5.91 Å². The van der Waals surface area contributed by atoms with Gasteiger partial charge in [-0.15, -0.1) is 0 Å². The fraction of sp³-hybridized carbons (Fsp3) is 0.680. The number of carbonyl (C=O) groups is 2. The molecule has 0 radical (unpaired) electrons. The van der Waals surface area contributed by atoms with Crippen molar-refractivity contribution in [2.75, 3.05) is 32.7 Å². The molecule has 7 nitrogen and oxygen atoms in total.